The zero-order valence-electron chi connectivity index (χ0n) is 11.9. The lowest BCUT2D eigenvalue weighted by Gasteiger charge is -2.11. The Hall–Kier alpha value is -1.68. The Balaban J connectivity index is 2.27. The van der Waals surface area contributed by atoms with Crippen LogP contribution in [0.1, 0.15) is 38.4 Å². The molecule has 4 nitrogen and oxygen atoms in total. The standard InChI is InChI=1S/C15H22N4/c1-4-6-14-9-13(11-16-12(2)3)10-15(18-14)19-8-5-7-17-19/h5,7-10,12,16H,4,6,11H2,1-3H3. The minimum Gasteiger partial charge on any atom is -0.310 e. The smallest absolute Gasteiger partial charge is 0.153 e. The van der Waals surface area contributed by atoms with Crippen LogP contribution in [0.4, 0.5) is 0 Å². The first kappa shape index (κ1) is 13.7. The van der Waals surface area contributed by atoms with E-state index in [-0.39, 0.29) is 0 Å². The molecule has 0 aliphatic rings. The molecule has 0 bridgehead atoms. The molecule has 0 saturated heterocycles. The highest BCUT2D eigenvalue weighted by molar-refractivity contribution is 5.30. The van der Waals surface area contributed by atoms with Crippen LogP contribution in [0, 0.1) is 0 Å². The van der Waals surface area contributed by atoms with Gasteiger partial charge < -0.3 is 5.32 Å². The maximum Gasteiger partial charge on any atom is 0.153 e. The maximum absolute atomic E-state index is 4.67. The Morgan fingerprint density at radius 3 is 2.79 bits per heavy atom. The molecule has 0 radical (unpaired) electrons. The number of nitrogens with zero attached hydrogens (tertiary/aromatic N) is 3. The van der Waals surface area contributed by atoms with Crippen molar-refractivity contribution in [3.8, 4) is 5.82 Å². The summed E-state index contributed by atoms with van der Waals surface area (Å²) >= 11 is 0. The Bertz CT molecular complexity index is 503. The van der Waals surface area contributed by atoms with Crippen LogP contribution < -0.4 is 5.32 Å². The molecule has 19 heavy (non-hydrogen) atoms. The predicted octanol–water partition coefficient (Wildman–Crippen LogP) is 2.72. The third-order valence-electron chi connectivity index (χ3n) is 2.88. The molecule has 1 N–H and O–H groups in total. The molecule has 0 atom stereocenters. The number of hydrogen-bond acceptors (Lipinski definition) is 3. The Morgan fingerprint density at radius 2 is 2.16 bits per heavy atom. The molecule has 0 unspecified atom stereocenters. The van der Waals surface area contributed by atoms with Crippen molar-refractivity contribution in [3.05, 3.63) is 41.9 Å². The van der Waals surface area contributed by atoms with Crippen LogP contribution in [0.2, 0.25) is 0 Å². The van der Waals surface area contributed by atoms with Gasteiger partial charge in [-0.15, -0.1) is 0 Å². The lowest BCUT2D eigenvalue weighted by atomic mass is 10.1. The lowest BCUT2D eigenvalue weighted by molar-refractivity contribution is 0.587. The van der Waals surface area contributed by atoms with Gasteiger partial charge >= 0.3 is 0 Å². The Kier molecular flexibility index (Phi) is 4.68. The Labute approximate surface area is 114 Å². The third-order valence-corrected chi connectivity index (χ3v) is 2.88. The van der Waals surface area contributed by atoms with Crippen molar-refractivity contribution in [2.45, 2.75) is 46.2 Å². The first-order valence-electron chi connectivity index (χ1n) is 6.92. The van der Waals surface area contributed by atoms with Crippen LogP contribution in [0.3, 0.4) is 0 Å². The van der Waals surface area contributed by atoms with Crippen molar-refractivity contribution < 1.29 is 0 Å². The summed E-state index contributed by atoms with van der Waals surface area (Å²) in [4.78, 5) is 4.67. The van der Waals surface area contributed by atoms with Gasteiger partial charge in [-0.25, -0.2) is 9.67 Å². The number of pyridine rings is 1. The predicted molar refractivity (Wildman–Crippen MR) is 77.3 cm³/mol. The fourth-order valence-electron chi connectivity index (χ4n) is 1.96. The maximum atomic E-state index is 4.67. The normalized spacial score (nSPS) is 11.2. The minimum absolute atomic E-state index is 0.482. The van der Waals surface area contributed by atoms with Crippen LogP contribution in [-0.2, 0) is 13.0 Å². The lowest BCUT2D eigenvalue weighted by Crippen LogP contribution is -2.22. The van der Waals surface area contributed by atoms with E-state index in [0.717, 1.165) is 30.9 Å². The average Bonchev–Trinajstić information content (AvgIpc) is 2.90. The summed E-state index contributed by atoms with van der Waals surface area (Å²) in [6.07, 6.45) is 5.81. The van der Waals surface area contributed by atoms with E-state index in [1.807, 2.05) is 16.9 Å². The second-order valence-corrected chi connectivity index (χ2v) is 5.06. The van der Waals surface area contributed by atoms with Gasteiger partial charge in [-0.2, -0.15) is 5.10 Å². The number of aromatic nitrogens is 3. The van der Waals surface area contributed by atoms with Crippen LogP contribution in [0.25, 0.3) is 5.82 Å². The van der Waals surface area contributed by atoms with E-state index < -0.39 is 0 Å². The SMILES string of the molecule is CCCc1cc(CNC(C)C)cc(-n2cccn2)n1. The van der Waals surface area contributed by atoms with Gasteiger partial charge in [0, 0.05) is 30.7 Å². The zero-order valence-corrected chi connectivity index (χ0v) is 11.9. The van der Waals surface area contributed by atoms with Gasteiger partial charge in [0.25, 0.3) is 0 Å². The average molecular weight is 258 g/mol. The summed E-state index contributed by atoms with van der Waals surface area (Å²) in [6, 6.07) is 6.68. The molecule has 0 aromatic carbocycles. The molecule has 0 saturated carbocycles. The molecule has 0 amide bonds. The third kappa shape index (κ3) is 3.89. The van der Waals surface area contributed by atoms with Crippen molar-refractivity contribution in [2.75, 3.05) is 0 Å². The summed E-state index contributed by atoms with van der Waals surface area (Å²) < 4.78 is 1.82. The summed E-state index contributed by atoms with van der Waals surface area (Å²) in [7, 11) is 0. The van der Waals surface area contributed by atoms with E-state index in [4.69, 9.17) is 0 Å². The number of aryl methyl sites for hydroxylation is 1. The van der Waals surface area contributed by atoms with Crippen molar-refractivity contribution in [1.82, 2.24) is 20.1 Å². The summed E-state index contributed by atoms with van der Waals surface area (Å²) in [5.74, 6) is 0.900. The van der Waals surface area contributed by atoms with E-state index in [9.17, 15) is 0 Å². The molecule has 4 heteroatoms. The second kappa shape index (κ2) is 6.48. The number of rotatable bonds is 6. The topological polar surface area (TPSA) is 42.7 Å². The summed E-state index contributed by atoms with van der Waals surface area (Å²) in [5, 5.41) is 7.70. The van der Waals surface area contributed by atoms with Crippen molar-refractivity contribution in [3.63, 3.8) is 0 Å². The van der Waals surface area contributed by atoms with Gasteiger partial charge in [0.2, 0.25) is 0 Å². The van der Waals surface area contributed by atoms with Gasteiger partial charge in [0.05, 0.1) is 0 Å². The van der Waals surface area contributed by atoms with Gasteiger partial charge in [-0.3, -0.25) is 0 Å². The highest BCUT2D eigenvalue weighted by Crippen LogP contribution is 2.11. The highest BCUT2D eigenvalue weighted by Gasteiger charge is 2.05. The van der Waals surface area contributed by atoms with E-state index in [2.05, 4.69) is 48.3 Å². The molecule has 2 heterocycles. The molecule has 0 spiro atoms. The van der Waals surface area contributed by atoms with Gasteiger partial charge in [-0.05, 0) is 30.2 Å². The first-order valence-corrected chi connectivity index (χ1v) is 6.92. The Morgan fingerprint density at radius 1 is 1.32 bits per heavy atom. The molecular weight excluding hydrogens is 236 g/mol. The molecule has 102 valence electrons. The van der Waals surface area contributed by atoms with Crippen LogP contribution in [0.15, 0.2) is 30.6 Å². The molecule has 2 aromatic heterocycles. The molecule has 2 aromatic rings. The molecule has 0 aliphatic heterocycles. The van der Waals surface area contributed by atoms with Crippen molar-refractivity contribution in [1.29, 1.82) is 0 Å². The van der Waals surface area contributed by atoms with E-state index >= 15 is 0 Å². The molecular formula is C15H22N4. The highest BCUT2D eigenvalue weighted by atomic mass is 15.3. The summed E-state index contributed by atoms with van der Waals surface area (Å²) in [6.45, 7) is 7.35. The van der Waals surface area contributed by atoms with Crippen LogP contribution >= 0.6 is 0 Å². The molecule has 0 fully saturated rings. The monoisotopic (exact) mass is 258 g/mol. The van der Waals surface area contributed by atoms with Crippen molar-refractivity contribution >= 4 is 0 Å². The summed E-state index contributed by atoms with van der Waals surface area (Å²) in [5.41, 5.74) is 2.40. The van der Waals surface area contributed by atoms with Gasteiger partial charge in [0.15, 0.2) is 5.82 Å². The van der Waals surface area contributed by atoms with E-state index in [1.54, 1.807) is 6.20 Å². The second-order valence-electron chi connectivity index (χ2n) is 5.06. The first-order chi connectivity index (χ1) is 9.19. The molecule has 0 aliphatic carbocycles. The van der Waals surface area contributed by atoms with Gasteiger partial charge in [0.1, 0.15) is 0 Å². The number of nitrogens with one attached hydrogen (secondary N) is 1. The van der Waals surface area contributed by atoms with Crippen molar-refractivity contribution in [2.24, 2.45) is 0 Å². The molecule has 2 rings (SSSR count). The largest absolute Gasteiger partial charge is 0.310 e. The fraction of sp³-hybridized carbons (Fsp3) is 0.467. The fourth-order valence-corrected chi connectivity index (χ4v) is 1.96. The van der Waals surface area contributed by atoms with Gasteiger partial charge in [-0.1, -0.05) is 27.2 Å². The van der Waals surface area contributed by atoms with Crippen LogP contribution in [0.5, 0.6) is 0 Å². The van der Waals surface area contributed by atoms with E-state index in [0.29, 0.717) is 6.04 Å². The zero-order chi connectivity index (χ0) is 13.7. The number of hydrogen-bond donors (Lipinski definition) is 1. The minimum atomic E-state index is 0.482. The van der Waals surface area contributed by atoms with E-state index in [1.165, 1.54) is 5.56 Å². The quantitative estimate of drug-likeness (QED) is 0.866. The van der Waals surface area contributed by atoms with Crippen LogP contribution in [-0.4, -0.2) is 20.8 Å².